The van der Waals surface area contributed by atoms with Crippen LogP contribution < -0.4 is 5.30 Å². The molecule has 2 aliphatic rings. The molecular formula is C25H33P. The average molecular weight is 365 g/mol. The van der Waals surface area contributed by atoms with Crippen LogP contribution in [0.15, 0.2) is 54.6 Å². The van der Waals surface area contributed by atoms with E-state index in [1.54, 1.807) is 5.30 Å². The van der Waals surface area contributed by atoms with Gasteiger partial charge in [0.2, 0.25) is 0 Å². The van der Waals surface area contributed by atoms with E-state index in [0.717, 1.165) is 11.3 Å². The third-order valence-electron chi connectivity index (χ3n) is 6.91. The summed E-state index contributed by atoms with van der Waals surface area (Å²) in [5.41, 5.74) is 4.42. The molecule has 2 aliphatic carbocycles. The molecule has 4 rings (SSSR count). The van der Waals surface area contributed by atoms with Crippen LogP contribution >= 0.6 is 7.26 Å². The van der Waals surface area contributed by atoms with Crippen molar-refractivity contribution in [3.8, 4) is 11.1 Å². The van der Waals surface area contributed by atoms with Gasteiger partial charge in [-0.15, -0.1) is 0 Å². The Morgan fingerprint density at radius 2 is 1.04 bits per heavy atom. The number of hydrogen-bond donors (Lipinski definition) is 0. The van der Waals surface area contributed by atoms with Crippen LogP contribution in [-0.2, 0) is 0 Å². The fourth-order valence-corrected chi connectivity index (χ4v) is 10.1. The maximum Gasteiger partial charge on any atom is 0.0651 e. The minimum Gasteiger partial charge on any atom is -0.174 e. The van der Waals surface area contributed by atoms with Crippen LogP contribution in [0, 0.1) is 6.66 Å². The van der Waals surface area contributed by atoms with Gasteiger partial charge in [0.25, 0.3) is 0 Å². The molecule has 0 aliphatic heterocycles. The van der Waals surface area contributed by atoms with Crippen molar-refractivity contribution in [2.45, 2.75) is 75.5 Å². The molecule has 1 heteroatoms. The van der Waals surface area contributed by atoms with Gasteiger partial charge in [0.1, 0.15) is 0 Å². The molecule has 138 valence electrons. The molecule has 0 heterocycles. The van der Waals surface area contributed by atoms with Crippen molar-refractivity contribution in [2.24, 2.45) is 0 Å². The zero-order chi connectivity index (χ0) is 17.8. The number of rotatable bonds is 4. The first-order chi connectivity index (χ1) is 12.8. The summed E-state index contributed by atoms with van der Waals surface area (Å²) >= 11 is 0. The summed E-state index contributed by atoms with van der Waals surface area (Å²) in [6.45, 7) is 5.10. The van der Waals surface area contributed by atoms with Crippen molar-refractivity contribution >= 4 is 12.6 Å². The molecule has 0 atom stereocenters. The van der Waals surface area contributed by atoms with Crippen LogP contribution in [0.3, 0.4) is 0 Å². The molecule has 0 spiro atoms. The lowest BCUT2D eigenvalue weighted by atomic mass is 9.99. The molecule has 2 fully saturated rings. The van der Waals surface area contributed by atoms with Crippen LogP contribution in [0.2, 0.25) is 0 Å². The van der Waals surface area contributed by atoms with Gasteiger partial charge in [-0.2, -0.15) is 6.66 Å². The van der Waals surface area contributed by atoms with E-state index in [4.69, 9.17) is 6.66 Å². The standard InChI is InChI=1S/C25H33P/c1-26(23-13-7-3-8-14-23,24-15-9-4-10-16-24)25-19-17-22(18-20-25)21-11-5-2-6-12-21/h2,5-6,11-12,17-20,23-24H,1,3-4,7-10,13-16H2. The summed E-state index contributed by atoms with van der Waals surface area (Å²) < 4.78 is 0. The van der Waals surface area contributed by atoms with E-state index in [9.17, 15) is 0 Å². The van der Waals surface area contributed by atoms with Gasteiger partial charge in [0.05, 0.1) is 5.30 Å². The largest absolute Gasteiger partial charge is 0.174 e. The Kier molecular flexibility index (Phi) is 5.80. The minimum absolute atomic E-state index is 0.877. The lowest BCUT2D eigenvalue weighted by Crippen LogP contribution is -2.32. The van der Waals surface area contributed by atoms with E-state index in [2.05, 4.69) is 54.6 Å². The summed E-state index contributed by atoms with van der Waals surface area (Å²) in [6, 6.07) is 20.4. The van der Waals surface area contributed by atoms with Crippen LogP contribution in [0.25, 0.3) is 11.1 Å². The average Bonchev–Trinajstić information content (AvgIpc) is 2.75. The van der Waals surface area contributed by atoms with Gasteiger partial charge < -0.3 is 0 Å². The maximum atomic E-state index is 5.10. The second-order valence-electron chi connectivity index (χ2n) is 8.43. The third-order valence-corrected chi connectivity index (χ3v) is 11.8. The minimum atomic E-state index is -1.33. The molecule has 2 aromatic carbocycles. The lowest BCUT2D eigenvalue weighted by molar-refractivity contribution is 0.483. The van der Waals surface area contributed by atoms with Gasteiger partial charge in [0.15, 0.2) is 0 Å². The van der Waals surface area contributed by atoms with Crippen molar-refractivity contribution in [1.82, 2.24) is 0 Å². The Balaban J connectivity index is 1.66. The zero-order valence-electron chi connectivity index (χ0n) is 16.1. The highest BCUT2D eigenvalue weighted by atomic mass is 31.2. The van der Waals surface area contributed by atoms with Gasteiger partial charge in [0, 0.05) is 11.3 Å². The molecule has 0 nitrogen and oxygen atoms in total. The van der Waals surface area contributed by atoms with E-state index in [1.807, 2.05) is 0 Å². The fraction of sp³-hybridized carbons (Fsp3) is 0.480. The summed E-state index contributed by atoms with van der Waals surface area (Å²) in [5, 5.41) is 1.61. The monoisotopic (exact) mass is 364 g/mol. The molecule has 0 radical (unpaired) electrons. The first kappa shape index (κ1) is 18.2. The SMILES string of the molecule is [CH2-][P+](c1ccc(-c2ccccc2)cc1)(C1CCCCC1)C1CCCCC1. The lowest BCUT2D eigenvalue weighted by Gasteiger charge is -2.46. The fourth-order valence-electron chi connectivity index (χ4n) is 5.37. The van der Waals surface area contributed by atoms with Gasteiger partial charge in [-0.1, -0.05) is 62.6 Å². The quantitative estimate of drug-likeness (QED) is 0.390. The number of hydrogen-bond acceptors (Lipinski definition) is 0. The molecule has 2 aromatic rings. The highest BCUT2D eigenvalue weighted by Gasteiger charge is 2.44. The van der Waals surface area contributed by atoms with Crippen LogP contribution in [0.4, 0.5) is 0 Å². The summed E-state index contributed by atoms with van der Waals surface area (Å²) in [4.78, 5) is 0. The Hall–Kier alpha value is -1.13. The molecule has 0 bridgehead atoms. The Morgan fingerprint density at radius 1 is 0.577 bits per heavy atom. The first-order valence-electron chi connectivity index (χ1n) is 10.7. The van der Waals surface area contributed by atoms with Crippen molar-refractivity contribution in [1.29, 1.82) is 0 Å². The smallest absolute Gasteiger partial charge is 0.0651 e. The zero-order valence-corrected chi connectivity index (χ0v) is 17.0. The third kappa shape index (κ3) is 3.63. The van der Waals surface area contributed by atoms with Crippen molar-refractivity contribution in [3.05, 3.63) is 61.3 Å². The molecule has 0 aromatic heterocycles. The highest BCUT2D eigenvalue weighted by molar-refractivity contribution is 7.85. The van der Waals surface area contributed by atoms with Gasteiger partial charge in [-0.25, -0.2) is 0 Å². The summed E-state index contributed by atoms with van der Waals surface area (Å²) in [5.74, 6) is 0. The van der Waals surface area contributed by atoms with Gasteiger partial charge >= 0.3 is 0 Å². The Bertz CT molecular complexity index is 658. The van der Waals surface area contributed by atoms with E-state index < -0.39 is 7.26 Å². The molecular weight excluding hydrogens is 331 g/mol. The predicted molar refractivity (Wildman–Crippen MR) is 118 cm³/mol. The molecule has 2 saturated carbocycles. The van der Waals surface area contributed by atoms with Crippen LogP contribution in [0.1, 0.15) is 64.2 Å². The summed E-state index contributed by atoms with van der Waals surface area (Å²) in [6.07, 6.45) is 14.3. The molecule has 26 heavy (non-hydrogen) atoms. The summed E-state index contributed by atoms with van der Waals surface area (Å²) in [7, 11) is -1.33. The Morgan fingerprint density at radius 3 is 1.54 bits per heavy atom. The normalized spacial score (nSPS) is 20.2. The van der Waals surface area contributed by atoms with E-state index >= 15 is 0 Å². The molecule has 0 unspecified atom stereocenters. The molecule has 0 amide bonds. The van der Waals surface area contributed by atoms with Crippen LogP contribution in [-0.4, -0.2) is 11.3 Å². The first-order valence-corrected chi connectivity index (χ1v) is 12.8. The highest BCUT2D eigenvalue weighted by Crippen LogP contribution is 2.70. The molecule has 0 N–H and O–H groups in total. The maximum absolute atomic E-state index is 5.10. The van der Waals surface area contributed by atoms with Crippen LogP contribution in [0.5, 0.6) is 0 Å². The van der Waals surface area contributed by atoms with Crippen molar-refractivity contribution in [2.75, 3.05) is 0 Å². The van der Waals surface area contributed by atoms with Gasteiger partial charge in [-0.05, 0) is 74.6 Å². The van der Waals surface area contributed by atoms with Gasteiger partial charge in [-0.3, -0.25) is 0 Å². The van der Waals surface area contributed by atoms with E-state index in [0.29, 0.717) is 0 Å². The second kappa shape index (κ2) is 8.26. The number of benzene rings is 2. The topological polar surface area (TPSA) is 0 Å². The molecule has 0 saturated heterocycles. The van der Waals surface area contributed by atoms with Crippen molar-refractivity contribution < 1.29 is 0 Å². The van der Waals surface area contributed by atoms with E-state index in [1.165, 1.54) is 75.3 Å². The van der Waals surface area contributed by atoms with E-state index in [-0.39, 0.29) is 0 Å². The van der Waals surface area contributed by atoms with Crippen molar-refractivity contribution in [3.63, 3.8) is 0 Å². The predicted octanol–water partition coefficient (Wildman–Crippen LogP) is 7.45. The Labute approximate surface area is 160 Å². The second-order valence-corrected chi connectivity index (χ2v) is 12.3.